The summed E-state index contributed by atoms with van der Waals surface area (Å²) in [4.78, 5) is 16.2. The molecular formula is C18H14N2O2S. The number of rotatable bonds is 2. The van der Waals surface area contributed by atoms with Crippen molar-refractivity contribution >= 4 is 22.9 Å². The van der Waals surface area contributed by atoms with Crippen LogP contribution in [0.3, 0.4) is 0 Å². The first kappa shape index (κ1) is 14.0. The molecule has 0 saturated heterocycles. The number of fused-ring (bicyclic) bond motifs is 1. The van der Waals surface area contributed by atoms with Gasteiger partial charge < -0.3 is 10.1 Å². The standard InChI is InChI=1S/C18H14N2O2S/c1-11-2-4-12(5-3-11)18-20-15(10-23-18)13-6-7-16-14(8-13)19-17(21)9-22-16/h2-8,10H,9H2,1H3,(H,19,21). The fraction of sp³-hybridized carbons (Fsp3) is 0.111. The smallest absolute Gasteiger partial charge is 0.262 e. The predicted octanol–water partition coefficient (Wildman–Crippen LogP) is 4.12. The maximum atomic E-state index is 11.4. The molecule has 0 spiro atoms. The largest absolute Gasteiger partial charge is 0.482 e. The van der Waals surface area contributed by atoms with E-state index in [0.29, 0.717) is 11.4 Å². The molecule has 1 aromatic heterocycles. The number of nitrogens with zero attached hydrogens (tertiary/aromatic N) is 1. The number of amides is 1. The maximum absolute atomic E-state index is 11.4. The quantitative estimate of drug-likeness (QED) is 0.772. The molecule has 1 aliphatic rings. The first-order valence-electron chi connectivity index (χ1n) is 7.29. The van der Waals surface area contributed by atoms with E-state index < -0.39 is 0 Å². The summed E-state index contributed by atoms with van der Waals surface area (Å²) in [6, 6.07) is 14.1. The van der Waals surface area contributed by atoms with Crippen LogP contribution in [-0.2, 0) is 4.79 Å². The normalized spacial score (nSPS) is 13.2. The summed E-state index contributed by atoms with van der Waals surface area (Å²) in [5, 5.41) is 5.84. The minimum absolute atomic E-state index is 0.0701. The second kappa shape index (κ2) is 5.52. The first-order valence-corrected chi connectivity index (χ1v) is 8.17. The van der Waals surface area contributed by atoms with Crippen molar-refractivity contribution in [2.24, 2.45) is 0 Å². The fourth-order valence-corrected chi connectivity index (χ4v) is 3.31. The lowest BCUT2D eigenvalue weighted by molar-refractivity contribution is -0.118. The summed E-state index contributed by atoms with van der Waals surface area (Å²) >= 11 is 1.61. The highest BCUT2D eigenvalue weighted by Gasteiger charge is 2.17. The van der Waals surface area contributed by atoms with Crippen LogP contribution in [0.2, 0.25) is 0 Å². The average molecular weight is 322 g/mol. The molecule has 23 heavy (non-hydrogen) atoms. The molecule has 114 valence electrons. The third-order valence-electron chi connectivity index (χ3n) is 3.71. The van der Waals surface area contributed by atoms with Crippen molar-refractivity contribution in [3.8, 4) is 27.6 Å². The molecule has 5 heteroatoms. The van der Waals surface area contributed by atoms with Gasteiger partial charge in [-0.05, 0) is 25.1 Å². The van der Waals surface area contributed by atoms with Crippen LogP contribution in [0.1, 0.15) is 5.56 Å². The van der Waals surface area contributed by atoms with E-state index >= 15 is 0 Å². The van der Waals surface area contributed by atoms with Crippen LogP contribution in [0.5, 0.6) is 5.75 Å². The van der Waals surface area contributed by atoms with Crippen LogP contribution in [0.25, 0.3) is 21.8 Å². The second-order valence-electron chi connectivity index (χ2n) is 5.45. The maximum Gasteiger partial charge on any atom is 0.262 e. The number of ether oxygens (including phenoxy) is 1. The van der Waals surface area contributed by atoms with Crippen molar-refractivity contribution in [2.75, 3.05) is 11.9 Å². The van der Waals surface area contributed by atoms with Crippen LogP contribution in [-0.4, -0.2) is 17.5 Å². The molecule has 2 aromatic carbocycles. The van der Waals surface area contributed by atoms with Gasteiger partial charge >= 0.3 is 0 Å². The fourth-order valence-electron chi connectivity index (χ4n) is 2.48. The number of hydrogen-bond donors (Lipinski definition) is 1. The SMILES string of the molecule is Cc1ccc(-c2nc(-c3ccc4c(c3)NC(=O)CO4)cs2)cc1. The third-order valence-corrected chi connectivity index (χ3v) is 4.60. The number of carbonyl (C=O) groups is 1. The van der Waals surface area contributed by atoms with Gasteiger partial charge in [-0.2, -0.15) is 0 Å². The zero-order chi connectivity index (χ0) is 15.8. The van der Waals surface area contributed by atoms with Gasteiger partial charge in [0.05, 0.1) is 11.4 Å². The molecule has 0 aliphatic carbocycles. The summed E-state index contributed by atoms with van der Waals surface area (Å²) < 4.78 is 5.38. The highest BCUT2D eigenvalue weighted by molar-refractivity contribution is 7.13. The van der Waals surface area contributed by atoms with Crippen LogP contribution in [0.15, 0.2) is 47.8 Å². The number of nitrogens with one attached hydrogen (secondary N) is 1. The summed E-state index contributed by atoms with van der Waals surface area (Å²) in [6.07, 6.45) is 0. The van der Waals surface area contributed by atoms with E-state index in [1.165, 1.54) is 5.56 Å². The van der Waals surface area contributed by atoms with Crippen molar-refractivity contribution in [3.05, 3.63) is 53.4 Å². The van der Waals surface area contributed by atoms with E-state index in [4.69, 9.17) is 9.72 Å². The van der Waals surface area contributed by atoms with Crippen LogP contribution < -0.4 is 10.1 Å². The molecule has 0 atom stereocenters. The van der Waals surface area contributed by atoms with Crippen molar-refractivity contribution in [2.45, 2.75) is 6.92 Å². The zero-order valence-electron chi connectivity index (χ0n) is 12.5. The topological polar surface area (TPSA) is 51.2 Å². The minimum atomic E-state index is -0.131. The molecule has 4 rings (SSSR count). The summed E-state index contributed by atoms with van der Waals surface area (Å²) in [7, 11) is 0. The van der Waals surface area contributed by atoms with Crippen molar-refractivity contribution in [1.29, 1.82) is 0 Å². The van der Waals surface area contributed by atoms with Gasteiger partial charge in [0.2, 0.25) is 0 Å². The van der Waals surface area contributed by atoms with Crippen molar-refractivity contribution in [1.82, 2.24) is 4.98 Å². The van der Waals surface area contributed by atoms with Gasteiger partial charge in [-0.15, -0.1) is 11.3 Å². The molecule has 0 saturated carbocycles. The van der Waals surface area contributed by atoms with Crippen LogP contribution >= 0.6 is 11.3 Å². The van der Waals surface area contributed by atoms with E-state index in [0.717, 1.165) is 21.8 Å². The number of aromatic nitrogens is 1. The van der Waals surface area contributed by atoms with E-state index in [1.807, 2.05) is 23.6 Å². The molecule has 3 aromatic rings. The van der Waals surface area contributed by atoms with Crippen LogP contribution in [0, 0.1) is 6.92 Å². The molecule has 1 N–H and O–H groups in total. The number of anilines is 1. The molecule has 2 heterocycles. The van der Waals surface area contributed by atoms with Gasteiger partial charge in [0.1, 0.15) is 10.8 Å². The molecule has 1 aliphatic heterocycles. The number of thiazole rings is 1. The molecular weight excluding hydrogens is 308 g/mol. The van der Waals surface area contributed by atoms with Gasteiger partial charge in [-0.25, -0.2) is 4.98 Å². The first-order chi connectivity index (χ1) is 11.2. The Balaban J connectivity index is 1.68. The Morgan fingerprint density at radius 2 is 1.91 bits per heavy atom. The monoisotopic (exact) mass is 322 g/mol. The molecule has 0 radical (unpaired) electrons. The highest BCUT2D eigenvalue weighted by atomic mass is 32.1. The minimum Gasteiger partial charge on any atom is -0.482 e. The van der Waals surface area contributed by atoms with Crippen molar-refractivity contribution in [3.63, 3.8) is 0 Å². The van der Waals surface area contributed by atoms with Gasteiger partial charge in [0, 0.05) is 16.5 Å². The highest BCUT2D eigenvalue weighted by Crippen LogP contribution is 2.34. The molecule has 1 amide bonds. The summed E-state index contributed by atoms with van der Waals surface area (Å²) in [6.45, 7) is 2.14. The Bertz CT molecular complexity index is 884. The lowest BCUT2D eigenvalue weighted by atomic mass is 10.1. The van der Waals surface area contributed by atoms with Gasteiger partial charge in [0.25, 0.3) is 5.91 Å². The lowest BCUT2D eigenvalue weighted by Crippen LogP contribution is -2.25. The Labute approximate surface area is 137 Å². The Hall–Kier alpha value is -2.66. The van der Waals surface area contributed by atoms with Crippen molar-refractivity contribution < 1.29 is 9.53 Å². The Kier molecular flexibility index (Phi) is 3.35. The molecule has 0 fully saturated rings. The summed E-state index contributed by atoms with van der Waals surface area (Å²) in [5.74, 6) is 0.565. The summed E-state index contributed by atoms with van der Waals surface area (Å²) in [5.41, 5.74) is 4.90. The number of hydrogen-bond acceptors (Lipinski definition) is 4. The van der Waals surface area contributed by atoms with Gasteiger partial charge in [-0.3, -0.25) is 4.79 Å². The Morgan fingerprint density at radius 3 is 2.74 bits per heavy atom. The van der Waals surface area contributed by atoms with E-state index in [-0.39, 0.29) is 12.5 Å². The molecule has 4 nitrogen and oxygen atoms in total. The number of carbonyl (C=O) groups excluding carboxylic acids is 1. The molecule has 0 bridgehead atoms. The average Bonchev–Trinajstić information content (AvgIpc) is 3.05. The Morgan fingerprint density at radius 1 is 1.13 bits per heavy atom. The van der Waals surface area contributed by atoms with E-state index in [9.17, 15) is 4.79 Å². The number of benzene rings is 2. The van der Waals surface area contributed by atoms with Crippen LogP contribution in [0.4, 0.5) is 5.69 Å². The number of aryl methyl sites for hydroxylation is 1. The van der Waals surface area contributed by atoms with E-state index in [1.54, 1.807) is 11.3 Å². The zero-order valence-corrected chi connectivity index (χ0v) is 13.3. The molecule has 0 unspecified atom stereocenters. The predicted molar refractivity (Wildman–Crippen MR) is 91.8 cm³/mol. The van der Waals surface area contributed by atoms with Gasteiger partial charge in [-0.1, -0.05) is 29.8 Å². The third kappa shape index (κ3) is 2.71. The van der Waals surface area contributed by atoms with Gasteiger partial charge in [0.15, 0.2) is 6.61 Å². The lowest BCUT2D eigenvalue weighted by Gasteiger charge is -2.18. The van der Waals surface area contributed by atoms with E-state index in [2.05, 4.69) is 36.5 Å². The second-order valence-corrected chi connectivity index (χ2v) is 6.31.